The first-order valence-electron chi connectivity index (χ1n) is 5.36. The zero-order valence-corrected chi connectivity index (χ0v) is 10.7. The molecule has 2 N–H and O–H groups in total. The highest BCUT2D eigenvalue weighted by atomic mass is 35.5. The van der Waals surface area contributed by atoms with Crippen LogP contribution in [0.25, 0.3) is 0 Å². The number of benzene rings is 1. The van der Waals surface area contributed by atoms with E-state index in [-0.39, 0.29) is 0 Å². The smallest absolute Gasteiger partial charge is 0.178 e. The molecule has 2 rings (SSSR count). The van der Waals surface area contributed by atoms with Crippen LogP contribution in [0.15, 0.2) is 23.4 Å². The first-order chi connectivity index (χ1) is 8.24. The minimum Gasteiger partial charge on any atom is -0.409 e. The summed E-state index contributed by atoms with van der Waals surface area (Å²) in [5.74, 6) is 0.433. The molecular formula is C11H13Cl2N3O. The lowest BCUT2D eigenvalue weighted by Crippen LogP contribution is -2.46. The van der Waals surface area contributed by atoms with Gasteiger partial charge in [-0.15, -0.1) is 0 Å². The normalized spacial score (nSPS) is 17.3. The molecule has 0 bridgehead atoms. The second-order valence-corrected chi connectivity index (χ2v) is 4.57. The summed E-state index contributed by atoms with van der Waals surface area (Å²) >= 11 is 12.2. The Labute approximate surface area is 110 Å². The van der Waals surface area contributed by atoms with Crippen molar-refractivity contribution >= 4 is 29.0 Å². The number of piperazine rings is 1. The quantitative estimate of drug-likeness (QED) is 0.356. The van der Waals surface area contributed by atoms with Crippen molar-refractivity contribution < 1.29 is 5.21 Å². The van der Waals surface area contributed by atoms with Crippen LogP contribution in [0.3, 0.4) is 0 Å². The molecule has 0 radical (unpaired) electrons. The van der Waals surface area contributed by atoms with E-state index in [9.17, 15) is 5.21 Å². The van der Waals surface area contributed by atoms with E-state index in [2.05, 4.69) is 10.5 Å². The van der Waals surface area contributed by atoms with E-state index >= 15 is 0 Å². The van der Waals surface area contributed by atoms with Gasteiger partial charge in [0.1, 0.15) is 0 Å². The molecule has 1 saturated heterocycles. The molecule has 4 nitrogen and oxygen atoms in total. The molecule has 1 aliphatic rings. The van der Waals surface area contributed by atoms with E-state index in [0.29, 0.717) is 21.4 Å². The molecule has 0 aromatic heterocycles. The van der Waals surface area contributed by atoms with Gasteiger partial charge in [-0.25, -0.2) is 0 Å². The average molecular weight is 274 g/mol. The second-order valence-electron chi connectivity index (χ2n) is 3.76. The number of nitrogens with one attached hydrogen (secondary N) is 1. The lowest BCUT2D eigenvalue weighted by atomic mass is 10.1. The van der Waals surface area contributed by atoms with Crippen LogP contribution in [-0.2, 0) is 0 Å². The number of amidine groups is 1. The molecule has 17 heavy (non-hydrogen) atoms. The maximum absolute atomic E-state index is 9.19. The SMILES string of the molecule is O/N=C(/c1c(Cl)cccc1Cl)N1CCNCC1. The van der Waals surface area contributed by atoms with Crippen LogP contribution in [-0.4, -0.2) is 42.1 Å². The Balaban J connectivity index is 2.35. The summed E-state index contributed by atoms with van der Waals surface area (Å²) in [5, 5.41) is 16.7. The third-order valence-corrected chi connectivity index (χ3v) is 3.33. The van der Waals surface area contributed by atoms with Gasteiger partial charge in [-0.1, -0.05) is 34.4 Å². The van der Waals surface area contributed by atoms with Crippen LogP contribution >= 0.6 is 23.2 Å². The predicted octanol–water partition coefficient (Wildman–Crippen LogP) is 2.03. The fraction of sp³-hybridized carbons (Fsp3) is 0.364. The van der Waals surface area contributed by atoms with Gasteiger partial charge in [-0.2, -0.15) is 0 Å². The van der Waals surface area contributed by atoms with Crippen LogP contribution in [0.1, 0.15) is 5.56 Å². The van der Waals surface area contributed by atoms with E-state index < -0.39 is 0 Å². The summed E-state index contributed by atoms with van der Waals surface area (Å²) in [4.78, 5) is 1.96. The molecule has 1 aliphatic heterocycles. The van der Waals surface area contributed by atoms with E-state index in [1.807, 2.05) is 4.90 Å². The van der Waals surface area contributed by atoms with Gasteiger partial charge in [0, 0.05) is 26.2 Å². The van der Waals surface area contributed by atoms with Crippen LogP contribution in [0.5, 0.6) is 0 Å². The summed E-state index contributed by atoms with van der Waals surface area (Å²) in [7, 11) is 0. The van der Waals surface area contributed by atoms with Crippen molar-refractivity contribution in [3.8, 4) is 0 Å². The van der Waals surface area contributed by atoms with Crippen molar-refractivity contribution in [1.82, 2.24) is 10.2 Å². The predicted molar refractivity (Wildman–Crippen MR) is 69.2 cm³/mol. The summed E-state index contributed by atoms with van der Waals surface area (Å²) in [6.07, 6.45) is 0. The fourth-order valence-corrected chi connectivity index (χ4v) is 2.43. The van der Waals surface area contributed by atoms with Gasteiger partial charge in [0.2, 0.25) is 0 Å². The Bertz CT molecular complexity index is 410. The first kappa shape index (κ1) is 12.5. The molecule has 0 saturated carbocycles. The lowest BCUT2D eigenvalue weighted by molar-refractivity contribution is 0.290. The molecule has 0 amide bonds. The van der Waals surface area contributed by atoms with Crippen molar-refractivity contribution in [2.75, 3.05) is 26.2 Å². The van der Waals surface area contributed by atoms with Crippen LogP contribution in [0, 0.1) is 0 Å². The second kappa shape index (κ2) is 5.58. The minimum atomic E-state index is 0.433. The van der Waals surface area contributed by atoms with Crippen molar-refractivity contribution in [2.45, 2.75) is 0 Å². The molecule has 0 aliphatic carbocycles. The zero-order valence-electron chi connectivity index (χ0n) is 9.16. The molecule has 92 valence electrons. The van der Waals surface area contributed by atoms with Crippen molar-refractivity contribution in [2.24, 2.45) is 5.16 Å². The fourth-order valence-electron chi connectivity index (χ4n) is 1.86. The third-order valence-electron chi connectivity index (χ3n) is 2.70. The Morgan fingerprint density at radius 2 is 1.82 bits per heavy atom. The topological polar surface area (TPSA) is 47.9 Å². The number of halogens is 2. The zero-order chi connectivity index (χ0) is 12.3. The molecule has 1 fully saturated rings. The van der Waals surface area contributed by atoms with E-state index in [1.54, 1.807) is 18.2 Å². The molecule has 0 spiro atoms. The Morgan fingerprint density at radius 3 is 2.35 bits per heavy atom. The number of rotatable bonds is 1. The maximum Gasteiger partial charge on any atom is 0.178 e. The van der Waals surface area contributed by atoms with Gasteiger partial charge >= 0.3 is 0 Å². The molecule has 6 heteroatoms. The molecule has 1 aromatic rings. The summed E-state index contributed by atoms with van der Waals surface area (Å²) in [5.41, 5.74) is 0.584. The molecule has 0 unspecified atom stereocenters. The highest BCUT2D eigenvalue weighted by Gasteiger charge is 2.21. The van der Waals surface area contributed by atoms with Gasteiger partial charge in [0.15, 0.2) is 5.84 Å². The highest BCUT2D eigenvalue weighted by Crippen LogP contribution is 2.26. The largest absolute Gasteiger partial charge is 0.409 e. The summed E-state index contributed by atoms with van der Waals surface area (Å²) in [6, 6.07) is 5.23. The average Bonchev–Trinajstić information content (AvgIpc) is 2.35. The van der Waals surface area contributed by atoms with Gasteiger partial charge in [0.05, 0.1) is 15.6 Å². The number of oxime groups is 1. The van der Waals surface area contributed by atoms with Crippen molar-refractivity contribution in [3.05, 3.63) is 33.8 Å². The van der Waals surface area contributed by atoms with Crippen LogP contribution in [0.2, 0.25) is 10.0 Å². The van der Waals surface area contributed by atoms with Crippen molar-refractivity contribution in [1.29, 1.82) is 0 Å². The molecule has 1 aromatic carbocycles. The molecule has 0 atom stereocenters. The van der Waals surface area contributed by atoms with E-state index in [0.717, 1.165) is 26.2 Å². The minimum absolute atomic E-state index is 0.433. The Hall–Kier alpha value is -0.970. The monoisotopic (exact) mass is 273 g/mol. The van der Waals surface area contributed by atoms with Gasteiger partial charge in [-0.3, -0.25) is 0 Å². The highest BCUT2D eigenvalue weighted by molar-refractivity contribution is 6.40. The van der Waals surface area contributed by atoms with Crippen molar-refractivity contribution in [3.63, 3.8) is 0 Å². The summed E-state index contributed by atoms with van der Waals surface area (Å²) in [6.45, 7) is 3.23. The maximum atomic E-state index is 9.19. The van der Waals surface area contributed by atoms with Crippen LogP contribution < -0.4 is 5.32 Å². The standard InChI is InChI=1S/C11H13Cl2N3O/c12-8-2-1-3-9(13)10(8)11(15-17)16-6-4-14-5-7-16/h1-3,14,17H,4-7H2/b15-11-. The number of hydrogen-bond acceptors (Lipinski definition) is 3. The van der Waals surface area contributed by atoms with Gasteiger partial charge in [-0.05, 0) is 12.1 Å². The molecular weight excluding hydrogens is 261 g/mol. The first-order valence-corrected chi connectivity index (χ1v) is 6.11. The van der Waals surface area contributed by atoms with Crippen LogP contribution in [0.4, 0.5) is 0 Å². The number of hydrogen-bond donors (Lipinski definition) is 2. The Morgan fingerprint density at radius 1 is 1.24 bits per heavy atom. The lowest BCUT2D eigenvalue weighted by Gasteiger charge is -2.30. The van der Waals surface area contributed by atoms with E-state index in [4.69, 9.17) is 23.2 Å². The third kappa shape index (κ3) is 2.65. The Kier molecular flexibility index (Phi) is 4.10. The number of nitrogens with zero attached hydrogens (tertiary/aromatic N) is 2. The van der Waals surface area contributed by atoms with Gasteiger partial charge < -0.3 is 15.4 Å². The summed E-state index contributed by atoms with van der Waals surface area (Å²) < 4.78 is 0. The van der Waals surface area contributed by atoms with E-state index in [1.165, 1.54) is 0 Å². The van der Waals surface area contributed by atoms with Gasteiger partial charge in [0.25, 0.3) is 0 Å². The molecule has 1 heterocycles.